The number of nitrogens with one attached hydrogen (secondary N) is 1. The van der Waals surface area contributed by atoms with Crippen molar-refractivity contribution in [1.29, 1.82) is 0 Å². The lowest BCUT2D eigenvalue weighted by Gasteiger charge is -2.12. The third kappa shape index (κ3) is 3.07. The largest absolute Gasteiger partial charge is 0.448 e. The molecule has 7 nitrogen and oxygen atoms in total. The van der Waals surface area contributed by atoms with Gasteiger partial charge in [0.1, 0.15) is 5.76 Å². The number of oxazole rings is 2. The summed E-state index contributed by atoms with van der Waals surface area (Å²) < 4.78 is 37.7. The number of hydrogen-bond donors (Lipinski definition) is 1. The van der Waals surface area contributed by atoms with Gasteiger partial charge in [-0.3, -0.25) is 0 Å². The molecule has 0 atom stereocenters. The summed E-state index contributed by atoms with van der Waals surface area (Å²) in [6, 6.07) is 0. The van der Waals surface area contributed by atoms with E-state index in [0.717, 1.165) is 18.6 Å². The molecule has 8 heteroatoms. The number of hydrogen-bond acceptors (Lipinski definition) is 6. The molecular formula is C14H19N3O4S. The van der Waals surface area contributed by atoms with E-state index in [4.69, 9.17) is 8.83 Å². The molecule has 2 heterocycles. The summed E-state index contributed by atoms with van der Waals surface area (Å²) in [4.78, 5) is 8.11. The molecule has 1 aliphatic carbocycles. The lowest BCUT2D eigenvalue weighted by Crippen LogP contribution is -2.23. The highest BCUT2D eigenvalue weighted by atomic mass is 32.2. The number of aromatic nitrogens is 2. The SMILES string of the molecule is CC(C)(C)c1ncc(S(=O)(=O)NCc2ncoc2C2CC2)o1. The summed E-state index contributed by atoms with van der Waals surface area (Å²) in [5.41, 5.74) is 0.278. The molecule has 2 aromatic rings. The zero-order valence-electron chi connectivity index (χ0n) is 12.8. The van der Waals surface area contributed by atoms with E-state index in [2.05, 4.69) is 14.7 Å². The Balaban J connectivity index is 1.73. The third-order valence-electron chi connectivity index (χ3n) is 3.44. The van der Waals surface area contributed by atoms with Gasteiger partial charge in [0.2, 0.25) is 5.89 Å². The van der Waals surface area contributed by atoms with E-state index in [0.29, 0.717) is 17.5 Å². The highest BCUT2D eigenvalue weighted by Crippen LogP contribution is 2.41. The molecule has 0 saturated heterocycles. The maximum absolute atomic E-state index is 12.3. The van der Waals surface area contributed by atoms with Crippen LogP contribution in [0.2, 0.25) is 0 Å². The molecule has 1 aliphatic rings. The molecule has 22 heavy (non-hydrogen) atoms. The average Bonchev–Trinajstić information content (AvgIpc) is 2.96. The summed E-state index contributed by atoms with van der Waals surface area (Å²) >= 11 is 0. The lowest BCUT2D eigenvalue weighted by molar-refractivity contribution is 0.342. The number of nitrogens with zero attached hydrogens (tertiary/aromatic N) is 2. The molecule has 120 valence electrons. The predicted molar refractivity (Wildman–Crippen MR) is 77.7 cm³/mol. The fraction of sp³-hybridized carbons (Fsp3) is 0.571. The molecule has 1 N–H and O–H groups in total. The van der Waals surface area contributed by atoms with E-state index in [1.807, 2.05) is 20.8 Å². The van der Waals surface area contributed by atoms with Crippen LogP contribution in [-0.4, -0.2) is 18.4 Å². The van der Waals surface area contributed by atoms with Crippen molar-refractivity contribution < 1.29 is 17.3 Å². The first kappa shape index (κ1) is 15.2. The molecule has 1 saturated carbocycles. The molecule has 2 aromatic heterocycles. The molecule has 0 aliphatic heterocycles. The molecule has 3 rings (SSSR count). The maximum atomic E-state index is 12.3. The second-order valence-corrected chi connectivity index (χ2v) is 8.19. The monoisotopic (exact) mass is 325 g/mol. The Bertz CT molecular complexity index is 766. The van der Waals surface area contributed by atoms with E-state index in [1.54, 1.807) is 0 Å². The third-order valence-corrected chi connectivity index (χ3v) is 4.68. The summed E-state index contributed by atoms with van der Waals surface area (Å²) in [6.45, 7) is 5.79. The standard InChI is InChI=1S/C14H19N3O4S/c1-14(2,3)13-15-7-11(21-13)22(18,19)17-6-10-12(9-4-5-9)20-8-16-10/h7-9,17H,4-6H2,1-3H3. The van der Waals surface area contributed by atoms with Gasteiger partial charge in [-0.05, 0) is 12.8 Å². The normalized spacial score (nSPS) is 16.1. The topological polar surface area (TPSA) is 98.2 Å². The summed E-state index contributed by atoms with van der Waals surface area (Å²) in [7, 11) is -3.76. The van der Waals surface area contributed by atoms with Crippen LogP contribution in [0, 0.1) is 0 Å². The van der Waals surface area contributed by atoms with Crippen LogP contribution >= 0.6 is 0 Å². The van der Waals surface area contributed by atoms with Crippen molar-refractivity contribution in [2.24, 2.45) is 0 Å². The lowest BCUT2D eigenvalue weighted by atomic mass is 9.97. The number of sulfonamides is 1. The van der Waals surface area contributed by atoms with Crippen molar-refractivity contribution in [1.82, 2.24) is 14.7 Å². The van der Waals surface area contributed by atoms with E-state index in [-0.39, 0.29) is 17.1 Å². The van der Waals surface area contributed by atoms with Crippen LogP contribution in [0.5, 0.6) is 0 Å². The Hall–Kier alpha value is -1.67. The van der Waals surface area contributed by atoms with Crippen LogP contribution in [0.15, 0.2) is 26.5 Å². The minimum atomic E-state index is -3.76. The minimum Gasteiger partial charge on any atom is -0.448 e. The second-order valence-electron chi connectivity index (χ2n) is 6.50. The Labute approximate surface area is 129 Å². The molecule has 0 spiro atoms. The van der Waals surface area contributed by atoms with Crippen LogP contribution in [0.4, 0.5) is 0 Å². The van der Waals surface area contributed by atoms with E-state index < -0.39 is 10.0 Å². The highest BCUT2D eigenvalue weighted by Gasteiger charge is 2.31. The van der Waals surface area contributed by atoms with Crippen LogP contribution in [0.25, 0.3) is 0 Å². The molecule has 0 radical (unpaired) electrons. The maximum Gasteiger partial charge on any atom is 0.276 e. The summed E-state index contributed by atoms with van der Waals surface area (Å²) in [5, 5.41) is -0.186. The van der Waals surface area contributed by atoms with Crippen molar-refractivity contribution in [3.8, 4) is 0 Å². The number of rotatable bonds is 5. The first-order chi connectivity index (χ1) is 10.3. The fourth-order valence-corrected chi connectivity index (χ4v) is 2.90. The predicted octanol–water partition coefficient (Wildman–Crippen LogP) is 2.32. The molecule has 0 amide bonds. The molecular weight excluding hydrogens is 306 g/mol. The molecule has 0 aromatic carbocycles. The Morgan fingerprint density at radius 1 is 1.32 bits per heavy atom. The second kappa shape index (κ2) is 5.20. The smallest absolute Gasteiger partial charge is 0.276 e. The van der Waals surface area contributed by atoms with Crippen LogP contribution in [0.1, 0.15) is 56.9 Å². The van der Waals surface area contributed by atoms with Crippen LogP contribution in [-0.2, 0) is 22.0 Å². The van der Waals surface area contributed by atoms with Crippen molar-refractivity contribution in [3.05, 3.63) is 29.9 Å². The Morgan fingerprint density at radius 3 is 2.64 bits per heavy atom. The van der Waals surface area contributed by atoms with Gasteiger partial charge in [0.15, 0.2) is 6.39 Å². The zero-order valence-corrected chi connectivity index (χ0v) is 13.6. The quantitative estimate of drug-likeness (QED) is 0.906. The first-order valence-electron chi connectivity index (χ1n) is 7.15. The van der Waals surface area contributed by atoms with Crippen LogP contribution < -0.4 is 4.72 Å². The van der Waals surface area contributed by atoms with Crippen molar-refractivity contribution >= 4 is 10.0 Å². The minimum absolute atomic E-state index is 0.0796. The van der Waals surface area contributed by atoms with Gasteiger partial charge >= 0.3 is 0 Å². The van der Waals surface area contributed by atoms with Gasteiger partial charge in [0.25, 0.3) is 15.1 Å². The van der Waals surface area contributed by atoms with E-state index in [9.17, 15) is 8.42 Å². The Morgan fingerprint density at radius 2 is 2.05 bits per heavy atom. The molecule has 0 unspecified atom stereocenters. The first-order valence-corrected chi connectivity index (χ1v) is 8.64. The van der Waals surface area contributed by atoms with Crippen LogP contribution in [0.3, 0.4) is 0 Å². The van der Waals surface area contributed by atoms with Crippen molar-refractivity contribution in [3.63, 3.8) is 0 Å². The van der Waals surface area contributed by atoms with Gasteiger partial charge in [-0.25, -0.2) is 23.1 Å². The van der Waals surface area contributed by atoms with Crippen molar-refractivity contribution in [2.75, 3.05) is 0 Å². The van der Waals surface area contributed by atoms with E-state index in [1.165, 1.54) is 12.6 Å². The zero-order chi connectivity index (χ0) is 16.0. The van der Waals surface area contributed by atoms with Gasteiger partial charge in [-0.2, -0.15) is 0 Å². The van der Waals surface area contributed by atoms with Crippen molar-refractivity contribution in [2.45, 2.75) is 56.6 Å². The summed E-state index contributed by atoms with van der Waals surface area (Å²) in [5.74, 6) is 1.53. The van der Waals surface area contributed by atoms with Gasteiger partial charge < -0.3 is 8.83 Å². The van der Waals surface area contributed by atoms with Gasteiger partial charge in [0.05, 0.1) is 18.4 Å². The van der Waals surface area contributed by atoms with E-state index >= 15 is 0 Å². The highest BCUT2D eigenvalue weighted by molar-refractivity contribution is 7.89. The molecule has 1 fully saturated rings. The average molecular weight is 325 g/mol. The summed E-state index contributed by atoms with van der Waals surface area (Å²) in [6.07, 6.45) is 4.70. The fourth-order valence-electron chi connectivity index (χ4n) is 2.05. The van der Waals surface area contributed by atoms with Gasteiger partial charge in [-0.15, -0.1) is 0 Å². The van der Waals surface area contributed by atoms with Gasteiger partial charge in [0, 0.05) is 11.3 Å². The van der Waals surface area contributed by atoms with Gasteiger partial charge in [-0.1, -0.05) is 20.8 Å². The Kier molecular flexibility index (Phi) is 3.60. The molecule has 0 bridgehead atoms.